The molecule has 7 nitrogen and oxygen atoms in total. The second kappa shape index (κ2) is 13.1. The Morgan fingerprint density at radius 3 is 2.62 bits per heavy atom. The second-order valence-electron chi connectivity index (χ2n) is 7.75. The van der Waals surface area contributed by atoms with Crippen molar-refractivity contribution in [2.75, 3.05) is 32.7 Å². The van der Waals surface area contributed by atoms with E-state index >= 15 is 0 Å². The van der Waals surface area contributed by atoms with Crippen molar-refractivity contribution in [3.05, 3.63) is 24.2 Å². The molecule has 0 aromatic carbocycles. The number of aliphatic imine (C=N–C) groups is 1. The van der Waals surface area contributed by atoms with Crippen molar-refractivity contribution >= 4 is 35.8 Å². The predicted molar refractivity (Wildman–Crippen MR) is 127 cm³/mol. The largest absolute Gasteiger partial charge is 0.468 e. The molecule has 2 aliphatic rings. The molecule has 3 N–H and O–H groups in total. The Hall–Kier alpha value is -1.29. The standard InChI is InChI=1S/C21H35N5O2.HI/c1-2-22-21(24-16-20(27)25-17-9-4-3-5-10-17)23-15-18(19-11-8-14-28-19)26-12-6-7-13-26;/h8,11,14,17-18H,2-7,9-10,12-13,15-16H2,1H3,(H,25,27)(H2,22,23,24);1H. The SMILES string of the molecule is CCNC(=NCC(=O)NC1CCCCC1)NCC(c1ccco1)N1CCCC1.I. The van der Waals surface area contributed by atoms with Gasteiger partial charge in [0.15, 0.2) is 5.96 Å². The minimum Gasteiger partial charge on any atom is -0.468 e. The molecule has 8 heteroatoms. The quantitative estimate of drug-likeness (QED) is 0.281. The molecule has 0 radical (unpaired) electrons. The monoisotopic (exact) mass is 517 g/mol. The lowest BCUT2D eigenvalue weighted by Gasteiger charge is -2.26. The highest BCUT2D eigenvalue weighted by molar-refractivity contribution is 14.0. The van der Waals surface area contributed by atoms with E-state index < -0.39 is 0 Å². The van der Waals surface area contributed by atoms with Crippen molar-refractivity contribution in [1.82, 2.24) is 20.9 Å². The predicted octanol–water partition coefficient (Wildman–Crippen LogP) is 3.04. The summed E-state index contributed by atoms with van der Waals surface area (Å²) in [4.78, 5) is 19.2. The fourth-order valence-electron chi connectivity index (χ4n) is 4.15. The van der Waals surface area contributed by atoms with Crippen LogP contribution in [-0.2, 0) is 4.79 Å². The van der Waals surface area contributed by atoms with E-state index in [0.29, 0.717) is 18.5 Å². The smallest absolute Gasteiger partial charge is 0.242 e. The highest BCUT2D eigenvalue weighted by Crippen LogP contribution is 2.24. The number of nitrogens with zero attached hydrogens (tertiary/aromatic N) is 2. The highest BCUT2D eigenvalue weighted by Gasteiger charge is 2.25. The molecule has 29 heavy (non-hydrogen) atoms. The van der Waals surface area contributed by atoms with Gasteiger partial charge in [-0.1, -0.05) is 19.3 Å². The molecule has 1 aromatic rings. The van der Waals surface area contributed by atoms with Gasteiger partial charge in [0.25, 0.3) is 0 Å². The number of hydrogen-bond acceptors (Lipinski definition) is 4. The molecule has 0 bridgehead atoms. The maximum atomic E-state index is 12.3. The fraction of sp³-hybridized carbons (Fsp3) is 0.714. The van der Waals surface area contributed by atoms with Crippen LogP contribution in [0.1, 0.15) is 63.7 Å². The summed E-state index contributed by atoms with van der Waals surface area (Å²) in [5.74, 6) is 1.66. The number of furan rings is 1. The minimum absolute atomic E-state index is 0. The van der Waals surface area contributed by atoms with E-state index in [2.05, 4.69) is 25.8 Å². The Balaban J connectivity index is 0.00000300. The van der Waals surface area contributed by atoms with Gasteiger partial charge in [-0.3, -0.25) is 9.69 Å². The zero-order valence-electron chi connectivity index (χ0n) is 17.5. The van der Waals surface area contributed by atoms with Gasteiger partial charge in [-0.2, -0.15) is 0 Å². The molecule has 1 saturated heterocycles. The summed E-state index contributed by atoms with van der Waals surface area (Å²) >= 11 is 0. The molecule has 2 fully saturated rings. The first-order chi connectivity index (χ1) is 13.8. The molecule has 1 aliphatic heterocycles. The molecule has 1 unspecified atom stereocenters. The van der Waals surface area contributed by atoms with Crippen LogP contribution >= 0.6 is 24.0 Å². The topological polar surface area (TPSA) is 81.9 Å². The molecule has 164 valence electrons. The molecule has 3 rings (SSSR count). The number of rotatable bonds is 8. The Kier molecular flexibility index (Phi) is 10.8. The van der Waals surface area contributed by atoms with E-state index in [1.807, 2.05) is 19.1 Å². The number of likely N-dealkylation sites (tertiary alicyclic amines) is 1. The minimum atomic E-state index is 0. The zero-order valence-corrected chi connectivity index (χ0v) is 19.8. The molecule has 1 aromatic heterocycles. The van der Waals surface area contributed by atoms with Crippen LogP contribution in [0.2, 0.25) is 0 Å². The van der Waals surface area contributed by atoms with Crippen LogP contribution in [0.25, 0.3) is 0 Å². The lowest BCUT2D eigenvalue weighted by atomic mass is 9.95. The van der Waals surface area contributed by atoms with Gasteiger partial charge in [-0.05, 0) is 57.8 Å². The lowest BCUT2D eigenvalue weighted by Crippen LogP contribution is -2.43. The van der Waals surface area contributed by atoms with E-state index in [9.17, 15) is 4.79 Å². The summed E-state index contributed by atoms with van der Waals surface area (Å²) in [5.41, 5.74) is 0. The number of halogens is 1. The van der Waals surface area contributed by atoms with Crippen LogP contribution in [0.4, 0.5) is 0 Å². The lowest BCUT2D eigenvalue weighted by molar-refractivity contribution is -0.120. The summed E-state index contributed by atoms with van der Waals surface area (Å²) in [7, 11) is 0. The van der Waals surface area contributed by atoms with Crippen molar-refractivity contribution in [3.8, 4) is 0 Å². The number of hydrogen-bond donors (Lipinski definition) is 3. The molecule has 0 spiro atoms. The van der Waals surface area contributed by atoms with Gasteiger partial charge in [-0.25, -0.2) is 4.99 Å². The molecular formula is C21H36IN5O2. The van der Waals surface area contributed by atoms with Crippen molar-refractivity contribution in [3.63, 3.8) is 0 Å². The van der Waals surface area contributed by atoms with E-state index in [0.717, 1.165) is 38.2 Å². The van der Waals surface area contributed by atoms with Gasteiger partial charge < -0.3 is 20.4 Å². The van der Waals surface area contributed by atoms with Crippen LogP contribution in [0.15, 0.2) is 27.8 Å². The van der Waals surface area contributed by atoms with Gasteiger partial charge in [0.1, 0.15) is 12.3 Å². The van der Waals surface area contributed by atoms with E-state index in [-0.39, 0.29) is 42.5 Å². The molecule has 1 amide bonds. The normalized spacial score (nSPS) is 19.4. The summed E-state index contributed by atoms with van der Waals surface area (Å²) in [5, 5.41) is 9.77. The van der Waals surface area contributed by atoms with Crippen LogP contribution in [-0.4, -0.2) is 55.5 Å². The van der Waals surface area contributed by atoms with Crippen LogP contribution in [0.3, 0.4) is 0 Å². The van der Waals surface area contributed by atoms with E-state index in [1.165, 1.54) is 32.1 Å². The fourth-order valence-corrected chi connectivity index (χ4v) is 4.15. The summed E-state index contributed by atoms with van der Waals surface area (Å²) in [6, 6.07) is 4.47. The average Bonchev–Trinajstić information content (AvgIpc) is 3.42. The summed E-state index contributed by atoms with van der Waals surface area (Å²) < 4.78 is 5.68. The Labute approximate surface area is 191 Å². The molecular weight excluding hydrogens is 481 g/mol. The number of nitrogens with one attached hydrogen (secondary N) is 3. The van der Waals surface area contributed by atoms with Crippen molar-refractivity contribution in [2.24, 2.45) is 4.99 Å². The number of carbonyl (C=O) groups excluding carboxylic acids is 1. The highest BCUT2D eigenvalue weighted by atomic mass is 127. The zero-order chi connectivity index (χ0) is 19.6. The average molecular weight is 517 g/mol. The van der Waals surface area contributed by atoms with Gasteiger partial charge in [0.2, 0.25) is 5.91 Å². The third kappa shape index (κ3) is 7.81. The molecule has 2 heterocycles. The summed E-state index contributed by atoms with van der Waals surface area (Å²) in [6.45, 7) is 5.81. The van der Waals surface area contributed by atoms with Gasteiger partial charge >= 0.3 is 0 Å². The third-order valence-corrected chi connectivity index (χ3v) is 5.61. The second-order valence-corrected chi connectivity index (χ2v) is 7.75. The first kappa shape index (κ1) is 24.0. The molecule has 1 saturated carbocycles. The maximum absolute atomic E-state index is 12.3. The first-order valence-corrected chi connectivity index (χ1v) is 10.8. The van der Waals surface area contributed by atoms with E-state index in [1.54, 1.807) is 6.26 Å². The van der Waals surface area contributed by atoms with Crippen LogP contribution in [0.5, 0.6) is 0 Å². The van der Waals surface area contributed by atoms with Crippen LogP contribution < -0.4 is 16.0 Å². The number of amides is 1. The number of carbonyl (C=O) groups is 1. The van der Waals surface area contributed by atoms with Crippen molar-refractivity contribution in [1.29, 1.82) is 0 Å². The number of guanidine groups is 1. The Bertz CT molecular complexity index is 611. The Morgan fingerprint density at radius 1 is 1.21 bits per heavy atom. The third-order valence-electron chi connectivity index (χ3n) is 5.61. The first-order valence-electron chi connectivity index (χ1n) is 10.8. The van der Waals surface area contributed by atoms with Gasteiger partial charge in [0.05, 0.1) is 12.3 Å². The van der Waals surface area contributed by atoms with Crippen LogP contribution in [0, 0.1) is 0 Å². The van der Waals surface area contributed by atoms with Crippen molar-refractivity contribution in [2.45, 2.75) is 64.0 Å². The van der Waals surface area contributed by atoms with E-state index in [4.69, 9.17) is 4.42 Å². The van der Waals surface area contributed by atoms with Gasteiger partial charge in [0, 0.05) is 19.1 Å². The summed E-state index contributed by atoms with van der Waals surface area (Å²) in [6.07, 6.45) is 10.1. The Morgan fingerprint density at radius 2 is 1.97 bits per heavy atom. The van der Waals surface area contributed by atoms with Crippen molar-refractivity contribution < 1.29 is 9.21 Å². The molecule has 1 atom stereocenters. The van der Waals surface area contributed by atoms with Gasteiger partial charge in [-0.15, -0.1) is 24.0 Å². The maximum Gasteiger partial charge on any atom is 0.242 e. The molecule has 1 aliphatic carbocycles.